The summed E-state index contributed by atoms with van der Waals surface area (Å²) in [5.41, 5.74) is 10.9. The molecule has 0 spiro atoms. The van der Waals surface area contributed by atoms with E-state index in [0.717, 1.165) is 32.4 Å². The number of alkyl halides is 4. The molecule has 0 saturated carbocycles. The number of pyridine rings is 2. The van der Waals surface area contributed by atoms with E-state index in [2.05, 4.69) is 44.4 Å². The Balaban J connectivity index is 0.000000170. The number of nitrogens with two attached hydrogens (primary N) is 1. The molecule has 3 aromatic carbocycles. The van der Waals surface area contributed by atoms with Crippen LogP contribution in [0.2, 0.25) is 10.0 Å². The molecule has 15 nitrogen and oxygen atoms in total. The molecular weight excluding hydrogens is 1010 g/mol. The summed E-state index contributed by atoms with van der Waals surface area (Å²) in [4.78, 5) is 28.3. The number of sulfone groups is 1. The van der Waals surface area contributed by atoms with Gasteiger partial charge in [-0.05, 0) is 70.6 Å². The number of para-hydroxylation sites is 2. The van der Waals surface area contributed by atoms with Crippen LogP contribution in [0.1, 0.15) is 39.2 Å². The van der Waals surface area contributed by atoms with Crippen molar-refractivity contribution < 1.29 is 43.9 Å². The Kier molecular flexibility index (Phi) is 17.0. The molecule has 0 aliphatic rings. The Morgan fingerprint density at radius 1 is 0.634 bits per heavy atom. The second-order valence-electron chi connectivity index (χ2n) is 15.3. The maximum Gasteiger partial charge on any atom is 0.387 e. The van der Waals surface area contributed by atoms with Crippen molar-refractivity contribution in [2.24, 2.45) is 5.73 Å². The molecule has 0 bridgehead atoms. The topological polar surface area (TPSA) is 211 Å². The first kappa shape index (κ1) is 51.8. The van der Waals surface area contributed by atoms with E-state index in [9.17, 15) is 34.4 Å². The third kappa shape index (κ3) is 13.6. The Morgan fingerprint density at radius 3 is 1.77 bits per heavy atom. The molecule has 0 saturated heterocycles. The van der Waals surface area contributed by atoms with Gasteiger partial charge in [-0.15, -0.1) is 0 Å². The molecule has 9 rings (SSSR count). The maximum atomic E-state index is 13.2. The summed E-state index contributed by atoms with van der Waals surface area (Å²) in [5.74, 6) is 0.977. The smallest absolute Gasteiger partial charge is 0.387 e. The molecule has 9 aromatic rings. The van der Waals surface area contributed by atoms with Gasteiger partial charge in [0.25, 0.3) is 10.0 Å². The molecule has 0 atom stereocenters. The zero-order chi connectivity index (χ0) is 50.7. The molecule has 0 unspecified atom stereocenters. The molecule has 368 valence electrons. The molecule has 71 heavy (non-hydrogen) atoms. The summed E-state index contributed by atoms with van der Waals surface area (Å²) in [6.45, 7) is -5.44. The highest BCUT2D eigenvalue weighted by atomic mass is 35.5. The van der Waals surface area contributed by atoms with E-state index in [4.69, 9.17) is 28.9 Å². The summed E-state index contributed by atoms with van der Waals surface area (Å²) in [7, 11) is -7.39. The van der Waals surface area contributed by atoms with Crippen molar-refractivity contribution in [3.63, 3.8) is 0 Å². The highest BCUT2D eigenvalue weighted by Gasteiger charge is 2.23. The van der Waals surface area contributed by atoms with Gasteiger partial charge in [-0.2, -0.15) is 17.6 Å². The van der Waals surface area contributed by atoms with Gasteiger partial charge in [0.2, 0.25) is 15.0 Å². The third-order valence-electron chi connectivity index (χ3n) is 10.3. The minimum absolute atomic E-state index is 0.131. The van der Waals surface area contributed by atoms with Crippen LogP contribution in [0.5, 0.6) is 11.5 Å². The average Bonchev–Trinajstić information content (AvgIpc) is 3.92. The Hall–Kier alpha value is -7.04. The lowest BCUT2D eigenvalue weighted by Crippen LogP contribution is -2.12. The first-order valence-electron chi connectivity index (χ1n) is 21.1. The van der Waals surface area contributed by atoms with E-state index in [1.54, 1.807) is 79.3 Å². The van der Waals surface area contributed by atoms with E-state index < -0.39 is 33.1 Å². The second-order valence-corrected chi connectivity index (χ2v) is 19.9. The van der Waals surface area contributed by atoms with Gasteiger partial charge in [-0.3, -0.25) is 0 Å². The van der Waals surface area contributed by atoms with E-state index in [1.165, 1.54) is 49.1 Å². The number of aryl methyl sites for hydroxylation is 2. The van der Waals surface area contributed by atoms with Crippen LogP contribution in [0.25, 0.3) is 22.1 Å². The number of aromatic amines is 1. The van der Waals surface area contributed by atoms with Crippen molar-refractivity contribution in [3.8, 4) is 11.5 Å². The summed E-state index contributed by atoms with van der Waals surface area (Å²) in [5, 5.41) is 2.21. The van der Waals surface area contributed by atoms with Crippen LogP contribution in [-0.2, 0) is 52.1 Å². The van der Waals surface area contributed by atoms with Gasteiger partial charge in [0.1, 0.15) is 23.0 Å². The summed E-state index contributed by atoms with van der Waals surface area (Å²) in [6.07, 6.45) is 15.7. The number of rotatable bonds is 15. The molecule has 0 radical (unpaired) electrons. The fourth-order valence-corrected chi connectivity index (χ4v) is 9.22. The van der Waals surface area contributed by atoms with Crippen LogP contribution >= 0.6 is 23.2 Å². The van der Waals surface area contributed by atoms with Crippen molar-refractivity contribution in [3.05, 3.63) is 190 Å². The number of fused-ring (bicyclic) bond motifs is 2. The lowest BCUT2D eigenvalue weighted by molar-refractivity contribution is -0.0511. The first-order chi connectivity index (χ1) is 34.0. The number of benzene rings is 3. The molecule has 23 heteroatoms. The van der Waals surface area contributed by atoms with Crippen molar-refractivity contribution >= 4 is 65.1 Å². The number of ether oxygens (including phenoxy) is 2. The Labute approximate surface area is 414 Å². The molecule has 6 heterocycles. The van der Waals surface area contributed by atoms with Gasteiger partial charge in [-0.1, -0.05) is 77.8 Å². The minimum Gasteiger partial charge on any atom is -0.435 e. The van der Waals surface area contributed by atoms with Crippen LogP contribution in [0.4, 0.5) is 17.6 Å². The zero-order valence-electron chi connectivity index (χ0n) is 37.2. The molecule has 3 N–H and O–H groups in total. The molecule has 0 aliphatic carbocycles. The van der Waals surface area contributed by atoms with E-state index in [-0.39, 0.29) is 40.2 Å². The molecule has 0 aliphatic heterocycles. The zero-order valence-corrected chi connectivity index (χ0v) is 40.4. The summed E-state index contributed by atoms with van der Waals surface area (Å²) >= 11 is 12.1. The lowest BCUT2D eigenvalue weighted by Gasteiger charge is -2.10. The highest BCUT2D eigenvalue weighted by molar-refractivity contribution is 7.90. The number of H-pyrrole nitrogens is 1. The largest absolute Gasteiger partial charge is 0.435 e. The molecule has 0 fully saturated rings. The van der Waals surface area contributed by atoms with Crippen LogP contribution < -0.4 is 15.2 Å². The van der Waals surface area contributed by atoms with Gasteiger partial charge in [0, 0.05) is 98.0 Å². The maximum absolute atomic E-state index is 13.2. The number of hydrogen-bond acceptors (Lipinski definition) is 13. The van der Waals surface area contributed by atoms with E-state index in [1.807, 2.05) is 12.3 Å². The second kappa shape index (κ2) is 23.3. The van der Waals surface area contributed by atoms with Crippen LogP contribution in [0.3, 0.4) is 0 Å². The van der Waals surface area contributed by atoms with Gasteiger partial charge in [0.15, 0.2) is 5.65 Å². The minimum atomic E-state index is -3.88. The number of nitrogens with one attached hydrogen (secondary N) is 1. The normalized spacial score (nSPS) is 11.6. The Morgan fingerprint density at radius 2 is 1.17 bits per heavy atom. The fourth-order valence-electron chi connectivity index (χ4n) is 7.04. The highest BCUT2D eigenvalue weighted by Crippen LogP contribution is 2.29. The number of nitrogens with zero attached hydrogens (tertiary/aromatic N) is 7. The summed E-state index contributed by atoms with van der Waals surface area (Å²) in [6, 6.07) is 24.8. The predicted molar refractivity (Wildman–Crippen MR) is 259 cm³/mol. The van der Waals surface area contributed by atoms with Crippen LogP contribution in [0, 0.1) is 0 Å². The van der Waals surface area contributed by atoms with E-state index in [0.29, 0.717) is 62.8 Å². The fraction of sp³-hybridized carbons (Fsp3) is 0.167. The lowest BCUT2D eigenvalue weighted by atomic mass is 10.1. The number of aromatic nitrogens is 8. The third-order valence-corrected chi connectivity index (χ3v) is 13.3. The SMILES string of the molecule is CS(=O)(=O)c1ncc(Cc2cn(S(=O)(=O)c3ccccc3)c3ncc(Cl)cc23)cn1.FC(F)Oc1ccccc1CCc1ncc(Cc2c[nH]c3ncc(Cl)cc23)cn1.NCc1ccccc1OC(F)F. The molecule has 0 amide bonds. The number of hydrogen-bond donors (Lipinski definition) is 2. The van der Waals surface area contributed by atoms with Gasteiger partial charge >= 0.3 is 13.2 Å². The first-order valence-corrected chi connectivity index (χ1v) is 25.2. The van der Waals surface area contributed by atoms with Gasteiger partial charge in [0.05, 0.1) is 14.9 Å². The Bertz CT molecular complexity index is 3470. The molecule has 6 aromatic heterocycles. The monoisotopic (exact) mass is 1050 g/mol. The van der Waals surface area contributed by atoms with Crippen molar-refractivity contribution in [1.82, 2.24) is 38.9 Å². The van der Waals surface area contributed by atoms with E-state index >= 15 is 0 Å². The van der Waals surface area contributed by atoms with Crippen molar-refractivity contribution in [1.29, 1.82) is 0 Å². The molecular formula is C48H41Cl2F4N9O6S2. The average molecular weight is 1050 g/mol. The summed E-state index contributed by atoms with van der Waals surface area (Å²) < 4.78 is 108. The van der Waals surface area contributed by atoms with Crippen molar-refractivity contribution in [2.45, 2.75) is 55.5 Å². The van der Waals surface area contributed by atoms with Gasteiger partial charge < -0.3 is 20.2 Å². The predicted octanol–water partition coefficient (Wildman–Crippen LogP) is 9.44. The van der Waals surface area contributed by atoms with Crippen LogP contribution in [0.15, 0.2) is 151 Å². The standard InChI is InChI=1S/C21H17ClF2N4O.C19H15ClN4O4S2.C8H9F2NO/c22-16-8-17-15(11-27-20(17)28-12-16)7-13-9-25-19(26-10-13)6-5-14-3-1-2-4-18(14)29-21(23)24;1-29(25,26)19-22-9-13(10-23-19)7-14-12-24(18-17(14)8-15(20)11-21-18)30(27,28)16-5-3-2-4-6-16;9-8(10)12-7-4-2-1-3-6(7)5-11/h1-4,8-12,21H,5-7H2,(H,27,28);2-6,8-12H,7H2,1H3;1-4,8H,5,11H2. The van der Waals surface area contributed by atoms with Gasteiger partial charge in [-0.25, -0.2) is 50.7 Å². The number of halogens is 6. The van der Waals surface area contributed by atoms with Crippen molar-refractivity contribution in [2.75, 3.05) is 6.26 Å². The quantitative estimate of drug-likeness (QED) is 0.0725. The van der Waals surface area contributed by atoms with Crippen LogP contribution in [-0.4, -0.2) is 75.2 Å².